The first-order valence-corrected chi connectivity index (χ1v) is 10.9. The Hall–Kier alpha value is -2.19. The van der Waals surface area contributed by atoms with Gasteiger partial charge in [0.2, 0.25) is 11.8 Å². The lowest BCUT2D eigenvalue weighted by Gasteiger charge is -2.45. The molecule has 1 aromatic rings. The third kappa shape index (κ3) is 4.28. The van der Waals surface area contributed by atoms with E-state index in [0.29, 0.717) is 11.3 Å². The molecule has 3 atom stereocenters. The van der Waals surface area contributed by atoms with Gasteiger partial charge < -0.3 is 15.3 Å². The Kier molecular flexibility index (Phi) is 6.51. The van der Waals surface area contributed by atoms with E-state index in [1.807, 2.05) is 25.1 Å². The summed E-state index contributed by atoms with van der Waals surface area (Å²) >= 11 is 2.96. The molecule has 1 unspecified atom stereocenters. The van der Waals surface area contributed by atoms with E-state index in [0.717, 1.165) is 5.75 Å². The number of nitrogens with one attached hydrogen (secondary N) is 1. The first-order valence-electron chi connectivity index (χ1n) is 8.94. The summed E-state index contributed by atoms with van der Waals surface area (Å²) in [5.74, 6) is -0.760. The molecular weight excluding hydrogens is 396 g/mol. The number of aliphatic carboxylic acids is 1. The first kappa shape index (κ1) is 20.5. The highest BCUT2D eigenvalue weighted by Gasteiger charge is 2.56. The second-order valence-corrected chi connectivity index (χ2v) is 9.07. The molecule has 148 valence electrons. The molecule has 2 aliphatic rings. The normalized spacial score (nSPS) is 22.2. The van der Waals surface area contributed by atoms with Gasteiger partial charge in [0.05, 0.1) is 12.0 Å². The molecule has 2 heterocycles. The van der Waals surface area contributed by atoms with Crippen molar-refractivity contribution in [3.05, 3.63) is 58.1 Å². The monoisotopic (exact) mass is 418 g/mol. The Bertz CT molecular complexity index is 838. The molecule has 0 radical (unpaired) electrons. The maximum absolute atomic E-state index is 12.7. The number of carboxylic acid groups (broad SMARTS) is 1. The van der Waals surface area contributed by atoms with Crippen LogP contribution in [-0.4, -0.2) is 39.1 Å². The highest BCUT2D eigenvalue weighted by molar-refractivity contribution is 8.05. The topological polar surface area (TPSA) is 86.7 Å². The van der Waals surface area contributed by atoms with Gasteiger partial charge in [0.15, 0.2) is 0 Å². The van der Waals surface area contributed by atoms with Crippen LogP contribution in [0.15, 0.2) is 52.5 Å². The minimum Gasteiger partial charge on any atom is -0.477 e. The molecule has 8 heteroatoms. The number of nitrogens with zero attached hydrogens (tertiary/aromatic N) is 1. The van der Waals surface area contributed by atoms with Gasteiger partial charge >= 0.3 is 5.97 Å². The van der Waals surface area contributed by atoms with Crippen molar-refractivity contribution in [2.24, 2.45) is 5.92 Å². The van der Waals surface area contributed by atoms with E-state index in [4.69, 9.17) is 0 Å². The molecule has 3 rings (SSSR count). The summed E-state index contributed by atoms with van der Waals surface area (Å²) in [4.78, 5) is 37.4. The maximum atomic E-state index is 12.7. The Labute approximate surface area is 172 Å². The summed E-state index contributed by atoms with van der Waals surface area (Å²) in [6, 6.07) is 9.98. The van der Waals surface area contributed by atoms with E-state index >= 15 is 0 Å². The Morgan fingerprint density at radius 1 is 1.36 bits per heavy atom. The maximum Gasteiger partial charge on any atom is 0.353 e. The summed E-state index contributed by atoms with van der Waals surface area (Å²) in [7, 11) is 0. The number of carbonyl (C=O) groups is 3. The molecule has 1 saturated heterocycles. The number of carboxylic acids is 1. The Morgan fingerprint density at radius 2 is 2.07 bits per heavy atom. The van der Waals surface area contributed by atoms with E-state index in [9.17, 15) is 19.5 Å². The van der Waals surface area contributed by atoms with Crippen molar-refractivity contribution in [1.29, 1.82) is 0 Å². The number of fused-ring (bicyclic) bond motifs is 1. The van der Waals surface area contributed by atoms with Crippen LogP contribution in [0.1, 0.15) is 25.8 Å². The number of benzene rings is 1. The van der Waals surface area contributed by atoms with Crippen LogP contribution in [0.25, 0.3) is 0 Å². The van der Waals surface area contributed by atoms with Crippen molar-refractivity contribution < 1.29 is 19.5 Å². The average molecular weight is 419 g/mol. The number of hydrogen-bond donors (Lipinski definition) is 2. The molecule has 0 spiro atoms. The van der Waals surface area contributed by atoms with Gasteiger partial charge in [-0.25, -0.2) is 4.79 Å². The highest BCUT2D eigenvalue weighted by atomic mass is 32.2. The van der Waals surface area contributed by atoms with Crippen molar-refractivity contribution in [3.63, 3.8) is 0 Å². The van der Waals surface area contributed by atoms with Crippen molar-refractivity contribution in [2.75, 3.05) is 0 Å². The van der Waals surface area contributed by atoms with Crippen LogP contribution < -0.4 is 5.32 Å². The van der Waals surface area contributed by atoms with Crippen LogP contribution in [-0.2, 0) is 20.1 Å². The summed E-state index contributed by atoms with van der Waals surface area (Å²) in [5, 5.41) is 13.8. The standard InChI is InChI=1S/C20H22N2O4S2/c1-12(28-11-14-6-4-3-5-7-14)17-15-10-16(27-9-8-21-13(2)23)18(20(25)26)22(15)19(17)24/h3-9,12,15,17H,10-11H2,1-2H3,(H,21,23)(H,25,26)/b9-8+/t12?,15-,17-/m1/s1. The van der Waals surface area contributed by atoms with Crippen molar-refractivity contribution in [3.8, 4) is 0 Å². The summed E-state index contributed by atoms with van der Waals surface area (Å²) in [6.45, 7) is 3.44. The fourth-order valence-electron chi connectivity index (χ4n) is 3.50. The molecule has 0 bridgehead atoms. The molecule has 2 amide bonds. The fraction of sp³-hybridized carbons (Fsp3) is 0.350. The van der Waals surface area contributed by atoms with Crippen LogP contribution in [0.3, 0.4) is 0 Å². The van der Waals surface area contributed by atoms with Crippen LogP contribution in [0.2, 0.25) is 0 Å². The molecule has 1 aromatic carbocycles. The van der Waals surface area contributed by atoms with Crippen molar-refractivity contribution in [2.45, 2.75) is 37.3 Å². The van der Waals surface area contributed by atoms with Crippen LogP contribution in [0.5, 0.6) is 0 Å². The van der Waals surface area contributed by atoms with Gasteiger partial charge in [-0.15, -0.1) is 0 Å². The van der Waals surface area contributed by atoms with Gasteiger partial charge in [-0.3, -0.25) is 9.59 Å². The zero-order valence-corrected chi connectivity index (χ0v) is 17.3. The van der Waals surface area contributed by atoms with Crippen LogP contribution in [0, 0.1) is 5.92 Å². The van der Waals surface area contributed by atoms with Gasteiger partial charge in [0.25, 0.3) is 0 Å². The molecule has 0 saturated carbocycles. The molecular formula is C20H22N2O4S2. The van der Waals surface area contributed by atoms with E-state index in [1.165, 1.54) is 35.3 Å². The van der Waals surface area contributed by atoms with E-state index in [-0.39, 0.29) is 34.7 Å². The fourth-order valence-corrected chi connectivity index (χ4v) is 5.51. The minimum atomic E-state index is -1.09. The minimum absolute atomic E-state index is 0.0731. The summed E-state index contributed by atoms with van der Waals surface area (Å²) in [5.41, 5.74) is 1.28. The van der Waals surface area contributed by atoms with E-state index < -0.39 is 5.97 Å². The summed E-state index contributed by atoms with van der Waals surface area (Å²) < 4.78 is 0. The lowest BCUT2D eigenvalue weighted by atomic mass is 9.85. The average Bonchev–Trinajstić information content (AvgIpc) is 2.99. The number of thioether (sulfide) groups is 2. The van der Waals surface area contributed by atoms with Crippen molar-refractivity contribution in [1.82, 2.24) is 10.2 Å². The van der Waals surface area contributed by atoms with E-state index in [1.54, 1.807) is 17.2 Å². The first-order chi connectivity index (χ1) is 13.4. The lowest BCUT2D eigenvalue weighted by molar-refractivity contribution is -0.154. The van der Waals surface area contributed by atoms with Crippen molar-refractivity contribution >= 4 is 41.3 Å². The number of hydrogen-bond acceptors (Lipinski definition) is 5. The summed E-state index contributed by atoms with van der Waals surface area (Å²) in [6.07, 6.45) is 2.01. The molecule has 2 aliphatic heterocycles. The van der Waals surface area contributed by atoms with Gasteiger partial charge in [-0.2, -0.15) is 11.8 Å². The predicted octanol–water partition coefficient (Wildman–Crippen LogP) is 3.18. The zero-order chi connectivity index (χ0) is 20.3. The molecule has 1 fully saturated rings. The van der Waals surface area contributed by atoms with Gasteiger partial charge in [0, 0.05) is 35.5 Å². The highest BCUT2D eigenvalue weighted by Crippen LogP contribution is 2.49. The van der Waals surface area contributed by atoms with Crippen LogP contribution >= 0.6 is 23.5 Å². The molecule has 0 aliphatic carbocycles. The number of β-lactam (4-membered cyclic amide) rings is 1. The SMILES string of the molecule is CC(=O)N/C=C/SC1=C(C(=O)O)N2C(=O)[C@H](C(C)SCc3ccccc3)[C@H]2C1. The van der Waals surface area contributed by atoms with E-state index in [2.05, 4.69) is 17.4 Å². The molecule has 28 heavy (non-hydrogen) atoms. The number of carbonyl (C=O) groups excluding carboxylic acids is 2. The van der Waals surface area contributed by atoms with Gasteiger partial charge in [-0.1, -0.05) is 49.0 Å². The lowest BCUT2D eigenvalue weighted by Crippen LogP contribution is -2.61. The number of amides is 2. The van der Waals surface area contributed by atoms with Gasteiger partial charge in [0.1, 0.15) is 5.70 Å². The molecule has 2 N–H and O–H groups in total. The Morgan fingerprint density at radius 3 is 2.71 bits per heavy atom. The number of rotatable bonds is 8. The van der Waals surface area contributed by atoms with Gasteiger partial charge in [-0.05, 0) is 11.0 Å². The molecule has 0 aromatic heterocycles. The predicted molar refractivity (Wildman–Crippen MR) is 111 cm³/mol. The second-order valence-electron chi connectivity index (χ2n) is 6.71. The third-order valence-corrected chi connectivity index (χ3v) is 7.03. The third-order valence-electron chi connectivity index (χ3n) is 4.80. The molecule has 6 nitrogen and oxygen atoms in total. The Balaban J connectivity index is 1.64. The smallest absolute Gasteiger partial charge is 0.353 e. The quantitative estimate of drug-likeness (QED) is 0.631. The largest absolute Gasteiger partial charge is 0.477 e. The van der Waals surface area contributed by atoms with Crippen LogP contribution in [0.4, 0.5) is 0 Å². The zero-order valence-electron chi connectivity index (χ0n) is 15.6. The second kappa shape index (κ2) is 8.87.